The maximum absolute atomic E-state index is 11.9. The van der Waals surface area contributed by atoms with Crippen LogP contribution in [0.3, 0.4) is 0 Å². The third-order valence-electron chi connectivity index (χ3n) is 8.14. The van der Waals surface area contributed by atoms with E-state index in [4.69, 9.17) is 28.8 Å². The molecule has 1 heterocycles. The summed E-state index contributed by atoms with van der Waals surface area (Å²) in [6.45, 7) is 18.5. The van der Waals surface area contributed by atoms with Crippen molar-refractivity contribution in [3.8, 4) is 23.0 Å². The van der Waals surface area contributed by atoms with Crippen LogP contribution in [0.4, 0.5) is 0 Å². The minimum atomic E-state index is -0.958. The van der Waals surface area contributed by atoms with Crippen LogP contribution < -0.4 is 18.9 Å². The van der Waals surface area contributed by atoms with Gasteiger partial charge >= 0.3 is 17.9 Å². The number of rotatable bonds is 16. The number of esters is 2. The summed E-state index contributed by atoms with van der Waals surface area (Å²) in [7, 11) is 5.13. The van der Waals surface area contributed by atoms with Gasteiger partial charge in [-0.25, -0.2) is 9.59 Å². The first kappa shape index (κ1) is 49.1. The number of Topliss-reactive ketones (excluding diaryl/α,β-unsaturated/α-hetero) is 1. The Labute approximate surface area is 332 Å². The summed E-state index contributed by atoms with van der Waals surface area (Å²) in [6.07, 6.45) is 6.81. The smallest absolute Gasteiger partial charge is 0.344 e. The predicted octanol–water partition coefficient (Wildman–Crippen LogP) is 6.84. The van der Waals surface area contributed by atoms with Gasteiger partial charge in [0.05, 0.1) is 19.6 Å². The van der Waals surface area contributed by atoms with Gasteiger partial charge in [0, 0.05) is 12.1 Å². The molecule has 1 atom stereocenters. The molecule has 0 saturated carbocycles. The molecule has 1 N–H and O–H groups in total. The molecule has 1 fully saturated rings. The first-order valence-electron chi connectivity index (χ1n) is 18.6. The van der Waals surface area contributed by atoms with Gasteiger partial charge < -0.3 is 33.5 Å². The van der Waals surface area contributed by atoms with Crippen LogP contribution in [-0.2, 0) is 46.3 Å². The van der Waals surface area contributed by atoms with Gasteiger partial charge in [0.1, 0.15) is 35.3 Å². The van der Waals surface area contributed by atoms with E-state index in [0.717, 1.165) is 68.0 Å². The number of carboxylic acid groups (broad SMARTS) is 1. The number of hydrogen-bond donors (Lipinski definition) is 1. The fourth-order valence-electron chi connectivity index (χ4n) is 5.24. The Hall–Kier alpha value is -4.91. The quantitative estimate of drug-likeness (QED) is 0.0815. The van der Waals surface area contributed by atoms with Gasteiger partial charge in [-0.1, -0.05) is 25.1 Å². The number of nitrogens with zero attached hydrogens (tertiary/aromatic N) is 1. The van der Waals surface area contributed by atoms with Crippen LogP contribution in [0.25, 0.3) is 0 Å². The second kappa shape index (κ2) is 23.2. The zero-order chi connectivity index (χ0) is 42.7. The number of carboxylic acids is 1. The van der Waals surface area contributed by atoms with Crippen LogP contribution in [0.2, 0.25) is 0 Å². The summed E-state index contributed by atoms with van der Waals surface area (Å²) < 4.78 is 32.7. The van der Waals surface area contributed by atoms with Gasteiger partial charge in [0.2, 0.25) is 5.78 Å². The van der Waals surface area contributed by atoms with Gasteiger partial charge in [-0.3, -0.25) is 19.3 Å². The van der Waals surface area contributed by atoms with Crippen LogP contribution >= 0.6 is 0 Å². The van der Waals surface area contributed by atoms with E-state index >= 15 is 0 Å². The van der Waals surface area contributed by atoms with E-state index in [2.05, 4.69) is 17.4 Å². The summed E-state index contributed by atoms with van der Waals surface area (Å²) >= 11 is 0. The molecule has 1 aliphatic rings. The number of aliphatic carboxylic acids is 1. The van der Waals surface area contributed by atoms with E-state index in [1.54, 1.807) is 14.2 Å². The van der Waals surface area contributed by atoms with Crippen molar-refractivity contribution < 1.29 is 57.5 Å². The molecule has 312 valence electrons. The number of aldehydes is 1. The number of hydrogen-bond acceptors (Lipinski definition) is 12. The Morgan fingerprint density at radius 1 is 0.893 bits per heavy atom. The molecule has 13 nitrogen and oxygen atoms in total. The van der Waals surface area contributed by atoms with Crippen molar-refractivity contribution in [2.75, 3.05) is 41.0 Å². The molecule has 3 rings (SSSR count). The molecule has 0 radical (unpaired) electrons. The molecule has 0 amide bonds. The molecule has 0 aliphatic carbocycles. The predicted molar refractivity (Wildman–Crippen MR) is 214 cm³/mol. The van der Waals surface area contributed by atoms with E-state index < -0.39 is 28.7 Å². The van der Waals surface area contributed by atoms with Crippen LogP contribution in [0, 0.1) is 5.41 Å². The summed E-state index contributed by atoms with van der Waals surface area (Å²) in [5, 5.41) is 8.67. The molecule has 2 aromatic carbocycles. The Morgan fingerprint density at radius 3 is 2.05 bits per heavy atom. The summed E-state index contributed by atoms with van der Waals surface area (Å²) in [5.74, 6) is 0.531. The lowest BCUT2D eigenvalue weighted by molar-refractivity contribution is -0.157. The van der Waals surface area contributed by atoms with Crippen molar-refractivity contribution in [3.63, 3.8) is 0 Å². The van der Waals surface area contributed by atoms with Crippen molar-refractivity contribution in [2.24, 2.45) is 5.41 Å². The molecule has 56 heavy (non-hydrogen) atoms. The largest absolute Gasteiger partial charge is 0.493 e. The van der Waals surface area contributed by atoms with Crippen molar-refractivity contribution in [3.05, 3.63) is 60.2 Å². The maximum atomic E-state index is 11.9. The Balaban J connectivity index is 0.000000553. The molecule has 13 heteroatoms. The van der Waals surface area contributed by atoms with Crippen molar-refractivity contribution in [1.29, 1.82) is 0 Å². The summed E-state index contributed by atoms with van der Waals surface area (Å²) in [6, 6.07) is 11.5. The van der Waals surface area contributed by atoms with Crippen molar-refractivity contribution in [1.82, 2.24) is 4.90 Å². The van der Waals surface area contributed by atoms with Gasteiger partial charge in [0.15, 0.2) is 24.4 Å². The summed E-state index contributed by atoms with van der Waals surface area (Å²) in [5.41, 5.74) is 0.395. The van der Waals surface area contributed by atoms with Gasteiger partial charge in [0.25, 0.3) is 0 Å². The highest BCUT2D eigenvalue weighted by molar-refractivity contribution is 6.27. The first-order chi connectivity index (χ1) is 26.0. The third kappa shape index (κ3) is 19.1. The fourth-order valence-corrected chi connectivity index (χ4v) is 5.24. The third-order valence-corrected chi connectivity index (χ3v) is 8.14. The van der Waals surface area contributed by atoms with Crippen LogP contribution in [0.1, 0.15) is 92.2 Å². The van der Waals surface area contributed by atoms with E-state index in [1.807, 2.05) is 83.8 Å². The topological polar surface area (TPSA) is 164 Å². The Bertz CT molecular complexity index is 1600. The molecule has 0 spiro atoms. The van der Waals surface area contributed by atoms with Gasteiger partial charge in [-0.2, -0.15) is 0 Å². The number of aryl methyl sites for hydroxylation is 2. The number of likely N-dealkylation sites (N-methyl/N-ethyl adjacent to an activating group) is 1. The van der Waals surface area contributed by atoms with Crippen LogP contribution in [0.15, 0.2) is 49.1 Å². The Kier molecular flexibility index (Phi) is 20.4. The SMILES string of the molecule is C=CC(=O)OCC(C)(C)C(=O)C=O.CN1CCCCC1C(=O)O.COc1cc(CCCc2cccc(OCC(=O)OC(C)(C)C)c2)c(OC(C)(C)C)cc1OC. The molecule has 2 aromatic rings. The minimum absolute atomic E-state index is 0.111. The number of piperidine rings is 1. The highest BCUT2D eigenvalue weighted by atomic mass is 16.6. The van der Waals surface area contributed by atoms with E-state index in [-0.39, 0.29) is 37.1 Å². The first-order valence-corrected chi connectivity index (χ1v) is 18.6. The Morgan fingerprint density at radius 2 is 1.54 bits per heavy atom. The number of ether oxygens (including phenoxy) is 6. The lowest BCUT2D eigenvalue weighted by atomic mass is 9.90. The van der Waals surface area contributed by atoms with Gasteiger partial charge in [-0.05, 0) is 130 Å². The minimum Gasteiger partial charge on any atom is -0.493 e. The van der Waals surface area contributed by atoms with Crippen molar-refractivity contribution in [2.45, 2.75) is 111 Å². The lowest BCUT2D eigenvalue weighted by Gasteiger charge is -2.28. The van der Waals surface area contributed by atoms with Gasteiger partial charge in [-0.15, -0.1) is 0 Å². The fraction of sp³-hybridized carbons (Fsp3) is 0.558. The normalized spacial score (nSPS) is 14.3. The lowest BCUT2D eigenvalue weighted by Crippen LogP contribution is -2.41. The number of carbonyl (C=O) groups is 5. The highest BCUT2D eigenvalue weighted by Crippen LogP contribution is 2.37. The van der Waals surface area contributed by atoms with E-state index in [1.165, 1.54) is 13.8 Å². The van der Waals surface area contributed by atoms with E-state index in [9.17, 15) is 24.0 Å². The molecule has 1 aliphatic heterocycles. The average Bonchev–Trinajstić information content (AvgIpc) is 3.12. The molecule has 0 bridgehead atoms. The molecule has 1 saturated heterocycles. The second-order valence-corrected chi connectivity index (χ2v) is 15.9. The maximum Gasteiger partial charge on any atom is 0.344 e. The molecular formula is C43H63NO12. The summed E-state index contributed by atoms with van der Waals surface area (Å²) in [4.78, 5) is 56.1. The highest BCUT2D eigenvalue weighted by Gasteiger charge is 2.28. The number of methoxy groups -OCH3 is 2. The second-order valence-electron chi connectivity index (χ2n) is 15.9. The molecular weight excluding hydrogens is 722 g/mol. The monoisotopic (exact) mass is 785 g/mol. The average molecular weight is 786 g/mol. The number of benzene rings is 2. The van der Waals surface area contributed by atoms with Crippen LogP contribution in [-0.4, -0.2) is 98.3 Å². The number of ketones is 1. The zero-order valence-electron chi connectivity index (χ0n) is 35.2. The molecule has 0 aromatic heterocycles. The number of carbonyl (C=O) groups excluding carboxylic acids is 4. The zero-order valence-corrected chi connectivity index (χ0v) is 35.2. The van der Waals surface area contributed by atoms with E-state index in [0.29, 0.717) is 17.2 Å². The number of likely N-dealkylation sites (tertiary alicyclic amines) is 1. The van der Waals surface area contributed by atoms with Crippen molar-refractivity contribution >= 4 is 30.0 Å². The standard InChI is InChI=1S/C27H38O6.C9H12O4.C7H13NO2/c1-26(2,3)32-22-17-24(30-8)23(29-7)16-20(22)13-9-11-19-12-10-14-21(15-19)31-18-25(28)33-27(4,5)6;1-4-8(12)13-6-9(2,3)7(11)5-10;1-8-5-3-2-4-6(8)7(9)10/h10,12,14-17H,9,11,13,18H2,1-8H3;4-5H,1,6H2,2-3H3;6H,2-5H2,1H3,(H,9,10). The molecule has 1 unspecified atom stereocenters. The van der Waals surface area contributed by atoms with Crippen LogP contribution in [0.5, 0.6) is 23.0 Å².